The van der Waals surface area contributed by atoms with E-state index in [0.29, 0.717) is 0 Å². The minimum Gasteiger partial charge on any atom is -0.275 e. The summed E-state index contributed by atoms with van der Waals surface area (Å²) in [6.07, 6.45) is 5.69. The topological polar surface area (TPSA) is 43.1 Å². The molecular weight excluding hydrogens is 428 g/mol. The minimum atomic E-state index is 0.909. The SMILES string of the molecule is c1ccc2c(c1)Cc1c-2ccc2c1Cc1ccc3nc4c5cccnc5c5cccnc5n4c3c1-2. The average molecular weight is 447 g/mol. The summed E-state index contributed by atoms with van der Waals surface area (Å²) in [7, 11) is 0. The molecule has 4 aromatic heterocycles. The standard InChI is InChI=1S/C31H18N4/c1-2-6-19-17(5-1)15-24-20(19)10-11-21-25(24)16-18-9-12-26-29(27(18)21)35-30-22(7-4-14-33-30)28-23(31(35)34-26)8-3-13-32-28/h1-14H,15-16H2. The number of imidazole rings is 1. The number of aromatic nitrogens is 4. The summed E-state index contributed by atoms with van der Waals surface area (Å²) in [6, 6.07) is 26.2. The van der Waals surface area contributed by atoms with Crippen molar-refractivity contribution in [3.8, 4) is 22.3 Å². The first kappa shape index (κ1) is 17.8. The van der Waals surface area contributed by atoms with Crippen LogP contribution in [0.2, 0.25) is 0 Å². The largest absolute Gasteiger partial charge is 0.275 e. The van der Waals surface area contributed by atoms with Gasteiger partial charge in [0.1, 0.15) is 11.3 Å². The maximum atomic E-state index is 5.13. The molecule has 0 atom stereocenters. The lowest BCUT2D eigenvalue weighted by Gasteiger charge is -2.10. The molecule has 0 bridgehead atoms. The summed E-state index contributed by atoms with van der Waals surface area (Å²) in [5.74, 6) is 0. The maximum absolute atomic E-state index is 5.13. The fourth-order valence-corrected chi connectivity index (χ4v) is 6.51. The Morgan fingerprint density at radius 3 is 2.31 bits per heavy atom. The van der Waals surface area contributed by atoms with Crippen LogP contribution in [0.15, 0.2) is 85.2 Å². The van der Waals surface area contributed by atoms with Gasteiger partial charge in [-0.15, -0.1) is 0 Å². The van der Waals surface area contributed by atoms with E-state index < -0.39 is 0 Å². The molecule has 9 rings (SSSR count). The van der Waals surface area contributed by atoms with Crippen LogP contribution in [0.25, 0.3) is 60.9 Å². The van der Waals surface area contributed by atoms with Crippen LogP contribution in [-0.4, -0.2) is 19.4 Å². The van der Waals surface area contributed by atoms with Crippen molar-refractivity contribution < 1.29 is 0 Å². The molecule has 0 saturated heterocycles. The van der Waals surface area contributed by atoms with Gasteiger partial charge in [0.2, 0.25) is 0 Å². The van der Waals surface area contributed by atoms with E-state index in [1.807, 2.05) is 24.5 Å². The first-order valence-corrected chi connectivity index (χ1v) is 12.1. The molecular formula is C31H18N4. The number of fused-ring (bicyclic) bond motifs is 16. The molecule has 3 aromatic carbocycles. The van der Waals surface area contributed by atoms with Gasteiger partial charge in [-0.1, -0.05) is 42.5 Å². The predicted molar refractivity (Wildman–Crippen MR) is 140 cm³/mol. The number of nitrogens with zero attached hydrogens (tertiary/aromatic N) is 4. The summed E-state index contributed by atoms with van der Waals surface area (Å²) < 4.78 is 2.27. The molecule has 7 aromatic rings. The summed E-state index contributed by atoms with van der Waals surface area (Å²) in [4.78, 5) is 14.7. The lowest BCUT2D eigenvalue weighted by atomic mass is 9.96. The highest BCUT2D eigenvalue weighted by atomic mass is 15.1. The number of rotatable bonds is 0. The molecule has 162 valence electrons. The molecule has 0 N–H and O–H groups in total. The second-order valence-electron chi connectivity index (χ2n) is 9.64. The first-order chi connectivity index (χ1) is 17.4. The van der Waals surface area contributed by atoms with Crippen LogP contribution in [-0.2, 0) is 12.8 Å². The summed E-state index contributed by atoms with van der Waals surface area (Å²) in [5, 5.41) is 2.11. The lowest BCUT2D eigenvalue weighted by Crippen LogP contribution is -1.96. The van der Waals surface area contributed by atoms with Crippen molar-refractivity contribution in [2.24, 2.45) is 0 Å². The van der Waals surface area contributed by atoms with E-state index in [1.54, 1.807) is 0 Å². The highest BCUT2D eigenvalue weighted by Crippen LogP contribution is 2.48. The van der Waals surface area contributed by atoms with Crippen molar-refractivity contribution in [1.82, 2.24) is 19.4 Å². The van der Waals surface area contributed by atoms with Crippen LogP contribution in [0, 0.1) is 0 Å². The van der Waals surface area contributed by atoms with E-state index in [9.17, 15) is 0 Å². The molecule has 0 unspecified atom stereocenters. The van der Waals surface area contributed by atoms with Crippen LogP contribution in [0.1, 0.15) is 22.3 Å². The Balaban J connectivity index is 1.44. The lowest BCUT2D eigenvalue weighted by molar-refractivity contribution is 1.16. The van der Waals surface area contributed by atoms with E-state index in [2.05, 4.69) is 65.1 Å². The molecule has 0 spiro atoms. The fraction of sp³-hybridized carbons (Fsp3) is 0.0645. The molecule has 0 aliphatic heterocycles. The highest BCUT2D eigenvalue weighted by molar-refractivity contribution is 6.13. The molecule has 2 aliphatic rings. The Kier molecular flexibility index (Phi) is 3.11. The van der Waals surface area contributed by atoms with Gasteiger partial charge in [0, 0.05) is 28.7 Å². The van der Waals surface area contributed by atoms with Gasteiger partial charge in [-0.25, -0.2) is 9.97 Å². The molecule has 0 amide bonds. The third kappa shape index (κ3) is 2.11. The molecule has 0 radical (unpaired) electrons. The van der Waals surface area contributed by atoms with Crippen molar-refractivity contribution in [2.45, 2.75) is 12.8 Å². The zero-order chi connectivity index (χ0) is 22.7. The van der Waals surface area contributed by atoms with Crippen molar-refractivity contribution in [3.63, 3.8) is 0 Å². The van der Waals surface area contributed by atoms with Crippen LogP contribution in [0.5, 0.6) is 0 Å². The molecule has 4 heteroatoms. The van der Waals surface area contributed by atoms with Gasteiger partial charge in [-0.3, -0.25) is 9.38 Å². The van der Waals surface area contributed by atoms with Crippen molar-refractivity contribution in [3.05, 3.63) is 107 Å². The number of pyridine rings is 3. The minimum absolute atomic E-state index is 0.909. The zero-order valence-electron chi connectivity index (χ0n) is 18.8. The zero-order valence-corrected chi connectivity index (χ0v) is 18.8. The molecule has 4 nitrogen and oxygen atoms in total. The maximum Gasteiger partial charge on any atom is 0.149 e. The smallest absolute Gasteiger partial charge is 0.149 e. The Morgan fingerprint density at radius 2 is 1.37 bits per heavy atom. The third-order valence-electron chi connectivity index (χ3n) is 7.95. The molecule has 4 heterocycles. The van der Waals surface area contributed by atoms with E-state index in [-0.39, 0.29) is 0 Å². The molecule has 2 aliphatic carbocycles. The van der Waals surface area contributed by atoms with Crippen LogP contribution in [0.4, 0.5) is 0 Å². The van der Waals surface area contributed by atoms with E-state index in [1.165, 1.54) is 44.5 Å². The van der Waals surface area contributed by atoms with Crippen LogP contribution < -0.4 is 0 Å². The Hall–Kier alpha value is -4.57. The van der Waals surface area contributed by atoms with E-state index in [4.69, 9.17) is 15.0 Å². The normalized spacial score (nSPS) is 13.5. The quantitative estimate of drug-likeness (QED) is 0.243. The number of benzene rings is 3. The van der Waals surface area contributed by atoms with Gasteiger partial charge >= 0.3 is 0 Å². The van der Waals surface area contributed by atoms with Gasteiger partial charge in [0.05, 0.1) is 16.6 Å². The Labute approximate surface area is 200 Å². The van der Waals surface area contributed by atoms with Gasteiger partial charge in [-0.2, -0.15) is 0 Å². The number of hydrogen-bond donors (Lipinski definition) is 0. The Morgan fingerprint density at radius 1 is 0.600 bits per heavy atom. The van der Waals surface area contributed by atoms with Gasteiger partial charge < -0.3 is 0 Å². The Bertz CT molecular complexity index is 2070. The summed E-state index contributed by atoms with van der Waals surface area (Å²) >= 11 is 0. The number of hydrogen-bond acceptors (Lipinski definition) is 3. The van der Waals surface area contributed by atoms with E-state index in [0.717, 1.165) is 51.5 Å². The highest BCUT2D eigenvalue weighted by Gasteiger charge is 2.30. The molecule has 0 fully saturated rings. The van der Waals surface area contributed by atoms with Crippen molar-refractivity contribution in [1.29, 1.82) is 0 Å². The fourth-order valence-electron chi connectivity index (χ4n) is 6.51. The third-order valence-corrected chi connectivity index (χ3v) is 7.95. The monoisotopic (exact) mass is 446 g/mol. The second-order valence-corrected chi connectivity index (χ2v) is 9.64. The molecule has 35 heavy (non-hydrogen) atoms. The summed E-state index contributed by atoms with van der Waals surface area (Å²) in [6.45, 7) is 0. The summed E-state index contributed by atoms with van der Waals surface area (Å²) in [5.41, 5.74) is 16.1. The molecule has 0 saturated carbocycles. The van der Waals surface area contributed by atoms with E-state index >= 15 is 0 Å². The van der Waals surface area contributed by atoms with Gasteiger partial charge in [-0.05, 0) is 82.1 Å². The first-order valence-electron chi connectivity index (χ1n) is 12.1. The average Bonchev–Trinajstić information content (AvgIpc) is 3.59. The van der Waals surface area contributed by atoms with Crippen LogP contribution in [0.3, 0.4) is 0 Å². The second kappa shape index (κ2) is 6.10. The van der Waals surface area contributed by atoms with Crippen molar-refractivity contribution >= 4 is 38.6 Å². The van der Waals surface area contributed by atoms with Crippen molar-refractivity contribution in [2.75, 3.05) is 0 Å². The van der Waals surface area contributed by atoms with Gasteiger partial charge in [0.15, 0.2) is 0 Å². The predicted octanol–water partition coefficient (Wildman–Crippen LogP) is 6.73. The van der Waals surface area contributed by atoms with Gasteiger partial charge in [0.25, 0.3) is 0 Å². The van der Waals surface area contributed by atoms with Crippen LogP contribution >= 0.6 is 0 Å².